The van der Waals surface area contributed by atoms with E-state index < -0.39 is 6.10 Å². The molecule has 0 heterocycles. The molecule has 2 rings (SSSR count). The third kappa shape index (κ3) is 3.56. The first-order chi connectivity index (χ1) is 10.0. The van der Waals surface area contributed by atoms with Crippen LogP contribution in [0.25, 0.3) is 0 Å². The predicted molar refractivity (Wildman–Crippen MR) is 84.1 cm³/mol. The third-order valence-corrected chi connectivity index (χ3v) is 3.80. The summed E-state index contributed by atoms with van der Waals surface area (Å²) in [6, 6.07) is 11.7. The lowest BCUT2D eigenvalue weighted by Gasteiger charge is -2.16. The van der Waals surface area contributed by atoms with Crippen LogP contribution in [0.5, 0.6) is 11.5 Å². The number of hydrogen-bond donors (Lipinski definition) is 1. The van der Waals surface area contributed by atoms with Crippen LogP contribution in [0.3, 0.4) is 0 Å². The van der Waals surface area contributed by atoms with E-state index in [1.54, 1.807) is 14.2 Å². The Hall–Kier alpha value is -2.00. The number of hydrogen-bond acceptors (Lipinski definition) is 3. The van der Waals surface area contributed by atoms with Gasteiger partial charge < -0.3 is 14.6 Å². The molecule has 0 bridgehead atoms. The number of methoxy groups -OCH3 is 2. The first-order valence-corrected chi connectivity index (χ1v) is 7.01. The van der Waals surface area contributed by atoms with Gasteiger partial charge in [-0.05, 0) is 48.7 Å². The Morgan fingerprint density at radius 2 is 1.71 bits per heavy atom. The smallest absolute Gasteiger partial charge is 0.124 e. The topological polar surface area (TPSA) is 38.7 Å². The van der Waals surface area contributed by atoms with Gasteiger partial charge in [-0.1, -0.05) is 18.2 Å². The maximum Gasteiger partial charge on any atom is 0.124 e. The first kappa shape index (κ1) is 15.4. The van der Waals surface area contributed by atoms with Crippen LogP contribution in [0.1, 0.15) is 28.4 Å². The fourth-order valence-electron chi connectivity index (χ4n) is 2.36. The normalized spacial score (nSPS) is 12.0. The molecule has 0 amide bonds. The fourth-order valence-corrected chi connectivity index (χ4v) is 2.36. The van der Waals surface area contributed by atoms with Crippen molar-refractivity contribution < 1.29 is 14.6 Å². The molecule has 0 spiro atoms. The molecule has 21 heavy (non-hydrogen) atoms. The zero-order valence-corrected chi connectivity index (χ0v) is 13.0. The van der Waals surface area contributed by atoms with Gasteiger partial charge in [0, 0.05) is 12.0 Å². The highest BCUT2D eigenvalue weighted by molar-refractivity contribution is 5.42. The number of benzene rings is 2. The molecule has 0 saturated carbocycles. The zero-order chi connectivity index (χ0) is 15.4. The van der Waals surface area contributed by atoms with Crippen LogP contribution >= 0.6 is 0 Å². The predicted octanol–water partition coefficient (Wildman–Crippen LogP) is 3.60. The van der Waals surface area contributed by atoms with E-state index in [2.05, 4.69) is 32.0 Å². The summed E-state index contributed by atoms with van der Waals surface area (Å²) in [6.45, 7) is 4.16. The highest BCUT2D eigenvalue weighted by atomic mass is 16.5. The highest BCUT2D eigenvalue weighted by Crippen LogP contribution is 2.31. The Bertz CT molecular complexity index is 620. The van der Waals surface area contributed by atoms with Crippen LogP contribution in [0, 0.1) is 13.8 Å². The van der Waals surface area contributed by atoms with Crippen LogP contribution in [0.4, 0.5) is 0 Å². The third-order valence-electron chi connectivity index (χ3n) is 3.80. The van der Waals surface area contributed by atoms with E-state index in [-0.39, 0.29) is 0 Å². The minimum Gasteiger partial charge on any atom is -0.497 e. The number of rotatable bonds is 5. The van der Waals surface area contributed by atoms with Crippen LogP contribution < -0.4 is 9.47 Å². The number of aliphatic hydroxyl groups excluding tert-OH is 1. The molecule has 0 fully saturated rings. The summed E-state index contributed by atoms with van der Waals surface area (Å²) in [4.78, 5) is 0. The first-order valence-electron chi connectivity index (χ1n) is 7.01. The molecule has 0 saturated heterocycles. The fraction of sp³-hybridized carbons (Fsp3) is 0.333. The van der Waals surface area contributed by atoms with Crippen molar-refractivity contribution in [2.45, 2.75) is 26.4 Å². The van der Waals surface area contributed by atoms with E-state index >= 15 is 0 Å². The zero-order valence-electron chi connectivity index (χ0n) is 13.0. The lowest BCUT2D eigenvalue weighted by atomic mass is 9.98. The molecule has 0 aliphatic heterocycles. The minimum atomic E-state index is -0.628. The Kier molecular flexibility index (Phi) is 4.86. The standard InChI is InChI=1S/C18H22O3/c1-12-5-6-14(9-13(12)2)10-17(19)16-11-15(20-3)7-8-18(16)21-4/h5-9,11,17,19H,10H2,1-4H3. The Balaban J connectivity index is 2.26. The van der Waals surface area contributed by atoms with Crippen molar-refractivity contribution in [2.75, 3.05) is 14.2 Å². The molecule has 2 aromatic rings. The van der Waals surface area contributed by atoms with E-state index in [1.807, 2.05) is 18.2 Å². The molecular formula is C18H22O3. The van der Waals surface area contributed by atoms with Gasteiger partial charge in [-0.15, -0.1) is 0 Å². The Labute approximate surface area is 126 Å². The van der Waals surface area contributed by atoms with Crippen molar-refractivity contribution in [3.63, 3.8) is 0 Å². The van der Waals surface area contributed by atoms with Crippen molar-refractivity contribution in [2.24, 2.45) is 0 Å². The number of ether oxygens (including phenoxy) is 2. The molecule has 3 heteroatoms. The Morgan fingerprint density at radius 1 is 0.952 bits per heavy atom. The lowest BCUT2D eigenvalue weighted by Crippen LogP contribution is -2.05. The molecule has 1 N–H and O–H groups in total. The largest absolute Gasteiger partial charge is 0.497 e. The van der Waals surface area contributed by atoms with Gasteiger partial charge >= 0.3 is 0 Å². The molecule has 1 atom stereocenters. The van der Waals surface area contributed by atoms with Crippen molar-refractivity contribution in [3.05, 3.63) is 58.7 Å². The minimum absolute atomic E-state index is 0.546. The average Bonchev–Trinajstić information content (AvgIpc) is 2.50. The van der Waals surface area contributed by atoms with Crippen LogP contribution in [0.2, 0.25) is 0 Å². The van der Waals surface area contributed by atoms with Crippen LogP contribution in [0.15, 0.2) is 36.4 Å². The van der Waals surface area contributed by atoms with Crippen LogP contribution in [-0.2, 0) is 6.42 Å². The maximum atomic E-state index is 10.5. The number of aliphatic hydroxyl groups is 1. The summed E-state index contributed by atoms with van der Waals surface area (Å²) in [5.41, 5.74) is 4.34. The van der Waals surface area contributed by atoms with E-state index in [1.165, 1.54) is 11.1 Å². The van der Waals surface area contributed by atoms with E-state index in [0.29, 0.717) is 17.9 Å². The van der Waals surface area contributed by atoms with Crippen molar-refractivity contribution in [1.82, 2.24) is 0 Å². The van der Waals surface area contributed by atoms with Gasteiger partial charge in [0.2, 0.25) is 0 Å². The molecule has 0 radical (unpaired) electrons. The summed E-state index contributed by atoms with van der Waals surface area (Å²) in [7, 11) is 3.22. The van der Waals surface area contributed by atoms with E-state index in [9.17, 15) is 5.11 Å². The summed E-state index contributed by atoms with van der Waals surface area (Å²) in [5.74, 6) is 1.39. The molecule has 0 aromatic heterocycles. The molecule has 0 aliphatic rings. The number of aryl methyl sites for hydroxylation is 2. The molecule has 1 unspecified atom stereocenters. The monoisotopic (exact) mass is 286 g/mol. The van der Waals surface area contributed by atoms with Gasteiger partial charge in [-0.2, -0.15) is 0 Å². The summed E-state index contributed by atoms with van der Waals surface area (Å²) in [5, 5.41) is 10.5. The molecular weight excluding hydrogens is 264 g/mol. The van der Waals surface area contributed by atoms with Crippen molar-refractivity contribution in [3.8, 4) is 11.5 Å². The van der Waals surface area contributed by atoms with Gasteiger partial charge in [-0.25, -0.2) is 0 Å². The second-order valence-electron chi connectivity index (χ2n) is 5.25. The average molecular weight is 286 g/mol. The Morgan fingerprint density at radius 3 is 2.33 bits per heavy atom. The van der Waals surface area contributed by atoms with E-state index in [0.717, 1.165) is 11.1 Å². The van der Waals surface area contributed by atoms with Crippen LogP contribution in [-0.4, -0.2) is 19.3 Å². The van der Waals surface area contributed by atoms with Crippen molar-refractivity contribution in [1.29, 1.82) is 0 Å². The van der Waals surface area contributed by atoms with Gasteiger partial charge in [0.15, 0.2) is 0 Å². The van der Waals surface area contributed by atoms with Gasteiger partial charge in [0.1, 0.15) is 11.5 Å². The summed E-state index contributed by atoms with van der Waals surface area (Å²) >= 11 is 0. The van der Waals surface area contributed by atoms with Gasteiger partial charge in [0.25, 0.3) is 0 Å². The second-order valence-corrected chi connectivity index (χ2v) is 5.25. The molecule has 2 aromatic carbocycles. The van der Waals surface area contributed by atoms with E-state index in [4.69, 9.17) is 9.47 Å². The summed E-state index contributed by atoms with van der Waals surface area (Å²) < 4.78 is 10.6. The van der Waals surface area contributed by atoms with Gasteiger partial charge in [0.05, 0.1) is 20.3 Å². The SMILES string of the molecule is COc1ccc(OC)c(C(O)Cc2ccc(C)c(C)c2)c1. The molecule has 3 nitrogen and oxygen atoms in total. The maximum absolute atomic E-state index is 10.5. The quantitative estimate of drug-likeness (QED) is 0.912. The molecule has 112 valence electrons. The molecule has 0 aliphatic carbocycles. The summed E-state index contributed by atoms with van der Waals surface area (Å²) in [6.07, 6.45) is -0.0814. The second kappa shape index (κ2) is 6.64. The lowest BCUT2D eigenvalue weighted by molar-refractivity contribution is 0.173. The highest BCUT2D eigenvalue weighted by Gasteiger charge is 2.15. The van der Waals surface area contributed by atoms with Gasteiger partial charge in [-0.3, -0.25) is 0 Å². The van der Waals surface area contributed by atoms with Crippen molar-refractivity contribution >= 4 is 0 Å².